The zero-order valence-corrected chi connectivity index (χ0v) is 14.3. The molecule has 0 saturated carbocycles. The lowest BCUT2D eigenvalue weighted by molar-refractivity contribution is 0.153. The molecule has 0 radical (unpaired) electrons. The van der Waals surface area contributed by atoms with Crippen molar-refractivity contribution in [3.05, 3.63) is 40.2 Å². The van der Waals surface area contributed by atoms with Gasteiger partial charge < -0.3 is 14.8 Å². The summed E-state index contributed by atoms with van der Waals surface area (Å²) in [6.07, 6.45) is 4.32. The Kier molecular flexibility index (Phi) is 5.53. The monoisotopic (exact) mass is 330 g/mol. The van der Waals surface area contributed by atoms with E-state index in [1.165, 1.54) is 6.42 Å². The standard InChI is InChI=1S/C19H26N2O3/c1-24-17-6-7-18-15(11-17)10-16(19(23)20-18)13-21-8-2-4-14(12-21)5-3-9-22/h6-7,10-11,14,22H,2-5,8-9,12-13H2,1H3,(H,20,23)/t14-/m0/s1. The van der Waals surface area contributed by atoms with E-state index < -0.39 is 0 Å². The molecule has 5 heteroatoms. The van der Waals surface area contributed by atoms with Crippen LogP contribution in [0.1, 0.15) is 31.2 Å². The van der Waals surface area contributed by atoms with Crippen LogP contribution in [0, 0.1) is 5.92 Å². The van der Waals surface area contributed by atoms with Gasteiger partial charge in [-0.3, -0.25) is 9.69 Å². The second-order valence-electron chi connectivity index (χ2n) is 6.69. The van der Waals surface area contributed by atoms with Gasteiger partial charge in [-0.15, -0.1) is 0 Å². The SMILES string of the molecule is COc1ccc2[nH]c(=O)c(CN3CCC[C@@H](CCCO)C3)cc2c1. The molecule has 3 rings (SSSR count). The number of hydrogen-bond acceptors (Lipinski definition) is 4. The Balaban J connectivity index is 1.76. The average molecular weight is 330 g/mol. The first-order valence-electron chi connectivity index (χ1n) is 8.73. The summed E-state index contributed by atoms with van der Waals surface area (Å²) in [5, 5.41) is 10.0. The minimum Gasteiger partial charge on any atom is -0.497 e. The fourth-order valence-corrected chi connectivity index (χ4v) is 3.63. The van der Waals surface area contributed by atoms with Gasteiger partial charge in [-0.1, -0.05) is 0 Å². The van der Waals surface area contributed by atoms with Crippen LogP contribution in [0.5, 0.6) is 5.75 Å². The maximum absolute atomic E-state index is 12.4. The van der Waals surface area contributed by atoms with Gasteiger partial charge in [0, 0.05) is 36.2 Å². The van der Waals surface area contributed by atoms with Crippen molar-refractivity contribution in [3.63, 3.8) is 0 Å². The number of nitrogens with zero attached hydrogens (tertiary/aromatic N) is 1. The molecule has 0 unspecified atom stereocenters. The average Bonchev–Trinajstić information content (AvgIpc) is 2.60. The number of nitrogens with one attached hydrogen (secondary N) is 1. The van der Waals surface area contributed by atoms with Crippen molar-refractivity contribution in [1.29, 1.82) is 0 Å². The first-order valence-corrected chi connectivity index (χ1v) is 8.73. The Labute approximate surface area is 142 Å². The Morgan fingerprint density at radius 1 is 1.38 bits per heavy atom. The van der Waals surface area contributed by atoms with E-state index in [1.807, 2.05) is 24.3 Å². The summed E-state index contributed by atoms with van der Waals surface area (Å²) >= 11 is 0. The van der Waals surface area contributed by atoms with Crippen molar-refractivity contribution in [2.75, 3.05) is 26.8 Å². The lowest BCUT2D eigenvalue weighted by Crippen LogP contribution is -2.36. The molecule has 1 atom stereocenters. The predicted octanol–water partition coefficient (Wildman–Crippen LogP) is 2.52. The predicted molar refractivity (Wildman–Crippen MR) is 95.4 cm³/mol. The summed E-state index contributed by atoms with van der Waals surface area (Å²) in [5.74, 6) is 1.42. The summed E-state index contributed by atoms with van der Waals surface area (Å²) in [5.41, 5.74) is 1.63. The highest BCUT2D eigenvalue weighted by molar-refractivity contribution is 5.80. The molecule has 1 aliphatic heterocycles. The Bertz CT molecular complexity index is 741. The molecule has 1 aromatic carbocycles. The van der Waals surface area contributed by atoms with Crippen molar-refractivity contribution in [3.8, 4) is 5.75 Å². The number of fused-ring (bicyclic) bond motifs is 1. The van der Waals surface area contributed by atoms with E-state index >= 15 is 0 Å². The van der Waals surface area contributed by atoms with Crippen LogP contribution in [0.3, 0.4) is 0 Å². The van der Waals surface area contributed by atoms with Crippen LogP contribution in [0.2, 0.25) is 0 Å². The number of likely N-dealkylation sites (tertiary alicyclic amines) is 1. The molecule has 1 saturated heterocycles. The summed E-state index contributed by atoms with van der Waals surface area (Å²) in [6.45, 7) is 2.99. The van der Waals surface area contributed by atoms with E-state index in [0.29, 0.717) is 12.5 Å². The number of aliphatic hydroxyl groups excluding tert-OH is 1. The summed E-state index contributed by atoms with van der Waals surface area (Å²) < 4.78 is 5.27. The van der Waals surface area contributed by atoms with Gasteiger partial charge in [0.15, 0.2) is 0 Å². The van der Waals surface area contributed by atoms with Crippen molar-refractivity contribution in [2.45, 2.75) is 32.2 Å². The first-order chi connectivity index (χ1) is 11.7. The van der Waals surface area contributed by atoms with Gasteiger partial charge in [0.1, 0.15) is 5.75 Å². The number of ether oxygens (including phenoxy) is 1. The van der Waals surface area contributed by atoms with E-state index in [0.717, 1.165) is 54.6 Å². The lowest BCUT2D eigenvalue weighted by Gasteiger charge is -2.32. The van der Waals surface area contributed by atoms with Gasteiger partial charge in [0.25, 0.3) is 5.56 Å². The highest BCUT2D eigenvalue weighted by Crippen LogP contribution is 2.23. The number of H-pyrrole nitrogens is 1. The zero-order chi connectivity index (χ0) is 16.9. The molecular weight excluding hydrogens is 304 g/mol. The van der Waals surface area contributed by atoms with Crippen molar-refractivity contribution in [1.82, 2.24) is 9.88 Å². The maximum atomic E-state index is 12.4. The molecule has 1 fully saturated rings. The molecule has 5 nitrogen and oxygen atoms in total. The summed E-state index contributed by atoms with van der Waals surface area (Å²) in [7, 11) is 1.65. The minimum atomic E-state index is -0.00912. The lowest BCUT2D eigenvalue weighted by atomic mass is 9.93. The molecule has 0 spiro atoms. The molecule has 130 valence electrons. The van der Waals surface area contributed by atoms with Crippen molar-refractivity contribution >= 4 is 10.9 Å². The Morgan fingerprint density at radius 3 is 3.04 bits per heavy atom. The number of rotatable bonds is 6. The third-order valence-electron chi connectivity index (χ3n) is 4.90. The Hall–Kier alpha value is -1.85. The Morgan fingerprint density at radius 2 is 2.25 bits per heavy atom. The third kappa shape index (κ3) is 3.97. The fraction of sp³-hybridized carbons (Fsp3) is 0.526. The summed E-state index contributed by atoms with van der Waals surface area (Å²) in [4.78, 5) is 17.7. The largest absolute Gasteiger partial charge is 0.497 e. The molecule has 0 bridgehead atoms. The zero-order valence-electron chi connectivity index (χ0n) is 14.3. The van der Waals surface area contributed by atoms with E-state index in [2.05, 4.69) is 9.88 Å². The van der Waals surface area contributed by atoms with Gasteiger partial charge in [0.05, 0.1) is 7.11 Å². The van der Waals surface area contributed by atoms with Crippen LogP contribution in [-0.2, 0) is 6.54 Å². The van der Waals surface area contributed by atoms with E-state index in [-0.39, 0.29) is 12.2 Å². The summed E-state index contributed by atoms with van der Waals surface area (Å²) in [6, 6.07) is 7.67. The number of piperidine rings is 1. The van der Waals surface area contributed by atoms with E-state index in [4.69, 9.17) is 9.84 Å². The molecule has 1 aliphatic rings. The number of aromatic amines is 1. The molecule has 0 amide bonds. The fourth-order valence-electron chi connectivity index (χ4n) is 3.63. The van der Waals surface area contributed by atoms with Crippen molar-refractivity contribution < 1.29 is 9.84 Å². The highest BCUT2D eigenvalue weighted by atomic mass is 16.5. The molecule has 2 aromatic rings. The smallest absolute Gasteiger partial charge is 0.252 e. The van der Waals surface area contributed by atoms with Crippen molar-refractivity contribution in [2.24, 2.45) is 5.92 Å². The van der Waals surface area contributed by atoms with Crippen LogP contribution in [0.25, 0.3) is 10.9 Å². The molecule has 1 aromatic heterocycles. The number of benzene rings is 1. The minimum absolute atomic E-state index is 0.00912. The maximum Gasteiger partial charge on any atom is 0.252 e. The first kappa shape index (κ1) is 17.0. The third-order valence-corrected chi connectivity index (χ3v) is 4.90. The number of aliphatic hydroxyl groups is 1. The van der Waals surface area contributed by atoms with Crippen LogP contribution in [0.15, 0.2) is 29.1 Å². The molecule has 24 heavy (non-hydrogen) atoms. The highest BCUT2D eigenvalue weighted by Gasteiger charge is 2.20. The second-order valence-corrected chi connectivity index (χ2v) is 6.69. The molecular formula is C19H26N2O3. The quantitative estimate of drug-likeness (QED) is 0.854. The number of aromatic nitrogens is 1. The van der Waals surface area contributed by atoms with E-state index in [9.17, 15) is 4.79 Å². The van der Waals surface area contributed by atoms with Crippen LogP contribution >= 0.6 is 0 Å². The molecule has 2 N–H and O–H groups in total. The van der Waals surface area contributed by atoms with Crippen LogP contribution in [-0.4, -0.2) is 41.8 Å². The van der Waals surface area contributed by atoms with Crippen LogP contribution in [0.4, 0.5) is 0 Å². The van der Waals surface area contributed by atoms with Gasteiger partial charge in [0.2, 0.25) is 0 Å². The van der Waals surface area contributed by atoms with E-state index in [1.54, 1.807) is 7.11 Å². The normalized spacial score (nSPS) is 18.8. The second kappa shape index (κ2) is 7.81. The number of methoxy groups -OCH3 is 1. The number of pyridine rings is 1. The molecule has 0 aliphatic carbocycles. The molecule has 2 heterocycles. The topological polar surface area (TPSA) is 65.6 Å². The number of hydrogen-bond donors (Lipinski definition) is 2. The van der Waals surface area contributed by atoms with Gasteiger partial charge >= 0.3 is 0 Å². The van der Waals surface area contributed by atoms with Gasteiger partial charge in [-0.05, 0) is 62.4 Å². The van der Waals surface area contributed by atoms with Gasteiger partial charge in [-0.25, -0.2) is 0 Å². The van der Waals surface area contributed by atoms with Gasteiger partial charge in [-0.2, -0.15) is 0 Å². The van der Waals surface area contributed by atoms with Crippen LogP contribution < -0.4 is 10.3 Å².